The highest BCUT2D eigenvalue weighted by atomic mass is 16.5. The number of benzene rings is 2. The summed E-state index contributed by atoms with van der Waals surface area (Å²) in [5.41, 5.74) is 3.37. The number of nitrogens with one attached hydrogen (secondary N) is 1. The lowest BCUT2D eigenvalue weighted by Crippen LogP contribution is -2.18. The second kappa shape index (κ2) is 9.51. The molecule has 0 saturated carbocycles. The van der Waals surface area contributed by atoms with Crippen molar-refractivity contribution in [3.8, 4) is 17.5 Å². The van der Waals surface area contributed by atoms with E-state index in [0.717, 1.165) is 24.4 Å². The number of ether oxygens (including phenoxy) is 1. The van der Waals surface area contributed by atoms with Crippen molar-refractivity contribution in [2.24, 2.45) is 0 Å². The van der Waals surface area contributed by atoms with Gasteiger partial charge in [0.25, 0.3) is 0 Å². The van der Waals surface area contributed by atoms with Crippen LogP contribution in [0.15, 0.2) is 61.2 Å². The second-order valence-corrected chi connectivity index (χ2v) is 6.29. The van der Waals surface area contributed by atoms with Crippen molar-refractivity contribution >= 4 is 0 Å². The summed E-state index contributed by atoms with van der Waals surface area (Å²) < 4.78 is 7.44. The Morgan fingerprint density at radius 2 is 2.07 bits per heavy atom. The summed E-state index contributed by atoms with van der Waals surface area (Å²) >= 11 is 0. The molecule has 0 amide bonds. The van der Waals surface area contributed by atoms with Gasteiger partial charge < -0.3 is 10.1 Å². The van der Waals surface area contributed by atoms with E-state index in [2.05, 4.69) is 46.6 Å². The SMILES string of the molecule is CC(NCc1cccc(OCCCC#N)c1)c1ccc(-n2cncn2)cc1. The Morgan fingerprint density at radius 3 is 2.81 bits per heavy atom. The maximum atomic E-state index is 8.57. The van der Waals surface area contributed by atoms with Gasteiger partial charge >= 0.3 is 0 Å². The predicted octanol–water partition coefficient (Wildman–Crippen LogP) is 3.80. The third-order valence-corrected chi connectivity index (χ3v) is 4.29. The Balaban J connectivity index is 1.53. The zero-order valence-corrected chi connectivity index (χ0v) is 15.4. The molecule has 0 aliphatic rings. The number of rotatable bonds is 9. The van der Waals surface area contributed by atoms with Crippen molar-refractivity contribution in [3.63, 3.8) is 0 Å². The molecule has 0 aliphatic carbocycles. The first-order valence-corrected chi connectivity index (χ1v) is 9.03. The first kappa shape index (κ1) is 18.6. The Labute approximate surface area is 159 Å². The smallest absolute Gasteiger partial charge is 0.138 e. The molecule has 6 heteroatoms. The van der Waals surface area contributed by atoms with E-state index in [-0.39, 0.29) is 6.04 Å². The van der Waals surface area contributed by atoms with Crippen LogP contribution in [0.25, 0.3) is 5.69 Å². The highest BCUT2D eigenvalue weighted by Gasteiger charge is 2.06. The van der Waals surface area contributed by atoms with Crippen LogP contribution in [-0.4, -0.2) is 21.4 Å². The van der Waals surface area contributed by atoms with Gasteiger partial charge in [0.05, 0.1) is 18.4 Å². The molecule has 1 atom stereocenters. The average Bonchev–Trinajstić information content (AvgIpc) is 3.25. The lowest BCUT2D eigenvalue weighted by atomic mass is 10.1. The van der Waals surface area contributed by atoms with E-state index < -0.39 is 0 Å². The second-order valence-electron chi connectivity index (χ2n) is 6.29. The zero-order valence-electron chi connectivity index (χ0n) is 15.4. The summed E-state index contributed by atoms with van der Waals surface area (Å²) in [6, 6.07) is 18.7. The van der Waals surface area contributed by atoms with E-state index in [0.29, 0.717) is 13.0 Å². The molecule has 1 heterocycles. The van der Waals surface area contributed by atoms with Gasteiger partial charge in [0.1, 0.15) is 18.4 Å². The molecular weight excluding hydrogens is 338 g/mol. The van der Waals surface area contributed by atoms with Crippen LogP contribution in [-0.2, 0) is 6.54 Å². The molecule has 0 saturated heterocycles. The molecule has 27 heavy (non-hydrogen) atoms. The minimum atomic E-state index is 0.218. The molecule has 6 nitrogen and oxygen atoms in total. The summed E-state index contributed by atoms with van der Waals surface area (Å²) in [5, 5.41) is 16.2. The fraction of sp³-hybridized carbons (Fsp3) is 0.286. The standard InChI is InChI=1S/C21H23N5O/c1-17(19-7-9-20(10-8-19)26-16-23-15-25-26)24-14-18-5-4-6-21(13-18)27-12-3-2-11-22/h4-10,13,15-17,24H,2-3,12,14H2,1H3. The lowest BCUT2D eigenvalue weighted by Gasteiger charge is -2.15. The van der Waals surface area contributed by atoms with Gasteiger partial charge in [-0.1, -0.05) is 24.3 Å². The Morgan fingerprint density at radius 1 is 1.22 bits per heavy atom. The van der Waals surface area contributed by atoms with Gasteiger partial charge in [0, 0.05) is 19.0 Å². The fourth-order valence-corrected chi connectivity index (χ4v) is 2.73. The zero-order chi connectivity index (χ0) is 18.9. The van der Waals surface area contributed by atoms with Crippen LogP contribution >= 0.6 is 0 Å². The molecule has 0 spiro atoms. The quantitative estimate of drug-likeness (QED) is 0.587. The van der Waals surface area contributed by atoms with Gasteiger partial charge in [-0.25, -0.2) is 9.67 Å². The molecule has 0 fully saturated rings. The summed E-state index contributed by atoms with van der Waals surface area (Å²) in [5.74, 6) is 0.845. The van der Waals surface area contributed by atoms with Crippen molar-refractivity contribution in [2.45, 2.75) is 32.4 Å². The van der Waals surface area contributed by atoms with Crippen LogP contribution in [0.3, 0.4) is 0 Å². The lowest BCUT2D eigenvalue weighted by molar-refractivity contribution is 0.312. The summed E-state index contributed by atoms with van der Waals surface area (Å²) in [6.45, 7) is 3.47. The van der Waals surface area contributed by atoms with E-state index in [1.54, 1.807) is 11.0 Å². The molecule has 0 bridgehead atoms. The van der Waals surface area contributed by atoms with E-state index in [9.17, 15) is 0 Å². The highest BCUT2D eigenvalue weighted by molar-refractivity contribution is 5.34. The molecule has 3 rings (SSSR count). The van der Waals surface area contributed by atoms with Crippen LogP contribution < -0.4 is 10.1 Å². The predicted molar refractivity (Wildman–Crippen MR) is 103 cm³/mol. The third kappa shape index (κ3) is 5.40. The third-order valence-electron chi connectivity index (χ3n) is 4.29. The fourth-order valence-electron chi connectivity index (χ4n) is 2.73. The summed E-state index contributed by atoms with van der Waals surface area (Å²) in [6.07, 6.45) is 4.49. The van der Waals surface area contributed by atoms with E-state index in [1.807, 2.05) is 30.3 Å². The van der Waals surface area contributed by atoms with Gasteiger partial charge in [0.15, 0.2) is 0 Å². The van der Waals surface area contributed by atoms with Crippen LogP contribution in [0.1, 0.15) is 36.9 Å². The van der Waals surface area contributed by atoms with Crippen LogP contribution in [0.4, 0.5) is 0 Å². The van der Waals surface area contributed by atoms with Crippen molar-refractivity contribution in [2.75, 3.05) is 6.61 Å². The van der Waals surface area contributed by atoms with Crippen LogP contribution in [0.5, 0.6) is 5.75 Å². The average molecular weight is 361 g/mol. The molecule has 2 aromatic carbocycles. The maximum Gasteiger partial charge on any atom is 0.138 e. The topological polar surface area (TPSA) is 75.8 Å². The molecule has 138 valence electrons. The van der Waals surface area contributed by atoms with Gasteiger partial charge in [-0.3, -0.25) is 0 Å². The summed E-state index contributed by atoms with van der Waals surface area (Å²) in [7, 11) is 0. The van der Waals surface area contributed by atoms with E-state index in [4.69, 9.17) is 10.00 Å². The van der Waals surface area contributed by atoms with Gasteiger partial charge in [-0.15, -0.1) is 0 Å². The largest absolute Gasteiger partial charge is 0.494 e. The number of nitrogens with zero attached hydrogens (tertiary/aromatic N) is 4. The van der Waals surface area contributed by atoms with Gasteiger partial charge in [0.2, 0.25) is 0 Å². The first-order valence-electron chi connectivity index (χ1n) is 9.03. The molecule has 1 unspecified atom stereocenters. The Hall–Kier alpha value is -3.17. The molecule has 3 aromatic rings. The number of aromatic nitrogens is 3. The number of unbranched alkanes of at least 4 members (excludes halogenated alkanes) is 1. The van der Waals surface area contributed by atoms with Crippen molar-refractivity contribution in [1.82, 2.24) is 20.1 Å². The Bertz CT molecular complexity index is 868. The highest BCUT2D eigenvalue weighted by Crippen LogP contribution is 2.18. The van der Waals surface area contributed by atoms with E-state index in [1.165, 1.54) is 17.5 Å². The normalized spacial score (nSPS) is 11.7. The minimum Gasteiger partial charge on any atom is -0.494 e. The minimum absolute atomic E-state index is 0.218. The van der Waals surface area contributed by atoms with Gasteiger partial charge in [-0.05, 0) is 48.7 Å². The van der Waals surface area contributed by atoms with Crippen molar-refractivity contribution < 1.29 is 4.74 Å². The first-order chi connectivity index (χ1) is 13.3. The molecule has 1 aromatic heterocycles. The number of nitriles is 1. The van der Waals surface area contributed by atoms with Crippen molar-refractivity contribution in [1.29, 1.82) is 5.26 Å². The number of hydrogen-bond acceptors (Lipinski definition) is 5. The van der Waals surface area contributed by atoms with Gasteiger partial charge in [-0.2, -0.15) is 10.4 Å². The maximum absolute atomic E-state index is 8.57. The molecule has 0 aliphatic heterocycles. The summed E-state index contributed by atoms with van der Waals surface area (Å²) in [4.78, 5) is 3.97. The monoisotopic (exact) mass is 361 g/mol. The molecule has 1 N–H and O–H groups in total. The Kier molecular flexibility index (Phi) is 6.55. The van der Waals surface area contributed by atoms with Crippen molar-refractivity contribution in [3.05, 3.63) is 72.3 Å². The van der Waals surface area contributed by atoms with E-state index >= 15 is 0 Å². The van der Waals surface area contributed by atoms with Crippen LogP contribution in [0.2, 0.25) is 0 Å². The number of hydrogen-bond donors (Lipinski definition) is 1. The molecular formula is C21H23N5O. The molecule has 0 radical (unpaired) electrons. The van der Waals surface area contributed by atoms with Crippen LogP contribution in [0, 0.1) is 11.3 Å².